The van der Waals surface area contributed by atoms with Crippen molar-refractivity contribution in [2.24, 2.45) is 34.6 Å². The van der Waals surface area contributed by atoms with E-state index in [4.69, 9.17) is 16.2 Å². The highest BCUT2D eigenvalue weighted by Gasteiger charge is 2.21. The summed E-state index contributed by atoms with van der Waals surface area (Å²) in [6.45, 7) is 2.64. The summed E-state index contributed by atoms with van der Waals surface area (Å²) in [7, 11) is 4.49. The number of aryl methyl sites for hydroxylation is 4. The number of aromatic nitrogens is 10. The number of ether oxygens (including phenoxy) is 1. The number of rotatable bonds is 9. The fourth-order valence-corrected chi connectivity index (χ4v) is 4.07. The Morgan fingerprint density at radius 1 is 0.818 bits per heavy atom. The van der Waals surface area contributed by atoms with Crippen LogP contribution < -0.4 is 11.5 Å². The first-order chi connectivity index (χ1) is 21.0. The van der Waals surface area contributed by atoms with Crippen LogP contribution in [-0.2, 0) is 18.8 Å². The third-order valence-corrected chi connectivity index (χ3v) is 6.16. The van der Waals surface area contributed by atoms with E-state index in [1.165, 1.54) is 44.6 Å². The number of nitrogens with zero attached hydrogens (tertiary/aromatic N) is 14. The molecule has 0 aliphatic rings. The van der Waals surface area contributed by atoms with Gasteiger partial charge in [-0.05, 0) is 13.8 Å². The molecule has 5 aromatic rings. The first-order valence-electron chi connectivity index (χ1n) is 12.7. The van der Waals surface area contributed by atoms with E-state index in [0.29, 0.717) is 11.4 Å². The molecule has 5 N–H and O–H groups in total. The summed E-state index contributed by atoms with van der Waals surface area (Å²) in [6.07, 6.45) is 4.17. The summed E-state index contributed by atoms with van der Waals surface area (Å²) >= 11 is 0. The van der Waals surface area contributed by atoms with Gasteiger partial charge in [-0.25, -0.2) is 14.8 Å². The molecule has 0 fully saturated rings. The number of nitrogen functional groups attached to an aromatic ring is 2. The van der Waals surface area contributed by atoms with Gasteiger partial charge in [0, 0.05) is 32.6 Å². The molecule has 20 nitrogen and oxygen atoms in total. The van der Waals surface area contributed by atoms with Crippen LogP contribution in [0.5, 0.6) is 0 Å². The second-order valence-electron chi connectivity index (χ2n) is 9.25. The van der Waals surface area contributed by atoms with Crippen LogP contribution in [0.3, 0.4) is 0 Å². The normalized spacial score (nSPS) is 11.7. The lowest BCUT2D eigenvalue weighted by atomic mass is 10.2. The summed E-state index contributed by atoms with van der Waals surface area (Å²) in [5.41, 5.74) is 14.2. The minimum absolute atomic E-state index is 0.0180. The maximum Gasteiger partial charge on any atom is 0.343 e. The van der Waals surface area contributed by atoms with Crippen molar-refractivity contribution in [2.75, 3.05) is 25.2 Å². The summed E-state index contributed by atoms with van der Waals surface area (Å²) in [5.74, 6) is -0.374. The maximum atomic E-state index is 12.0. The van der Waals surface area contributed by atoms with Gasteiger partial charge in [-0.3, -0.25) is 14.2 Å². The van der Waals surface area contributed by atoms with Crippen molar-refractivity contribution in [3.05, 3.63) is 47.3 Å². The fraction of sp³-hybridized carbons (Fsp3) is 0.250. The number of anilines is 2. The lowest BCUT2D eigenvalue weighted by molar-refractivity contribution is 0.0601. The molecule has 0 atom stereocenters. The van der Waals surface area contributed by atoms with E-state index >= 15 is 0 Å². The number of hydrogen-bond donors (Lipinski definition) is 3. The van der Waals surface area contributed by atoms with E-state index in [-0.39, 0.29) is 57.4 Å². The zero-order chi connectivity index (χ0) is 31.7. The Labute approximate surface area is 247 Å². The Morgan fingerprint density at radius 2 is 1.30 bits per heavy atom. The molecule has 44 heavy (non-hydrogen) atoms. The molecule has 0 spiro atoms. The smallest absolute Gasteiger partial charge is 0.343 e. The molecule has 0 aliphatic heterocycles. The van der Waals surface area contributed by atoms with Crippen LogP contribution in [0, 0.1) is 13.8 Å². The number of azo groups is 2. The quantitative estimate of drug-likeness (QED) is 0.124. The molecule has 0 amide bonds. The van der Waals surface area contributed by atoms with Crippen molar-refractivity contribution in [1.29, 1.82) is 0 Å². The van der Waals surface area contributed by atoms with Gasteiger partial charge in [-0.1, -0.05) is 0 Å². The molecular formula is C24H26N16O4. The van der Waals surface area contributed by atoms with Gasteiger partial charge < -0.3 is 21.3 Å². The van der Waals surface area contributed by atoms with Crippen molar-refractivity contribution in [2.45, 2.75) is 13.8 Å². The summed E-state index contributed by atoms with van der Waals surface area (Å²) in [5, 5.41) is 42.8. The lowest BCUT2D eigenvalue weighted by Crippen LogP contribution is -2.09. The molecule has 0 bridgehead atoms. The minimum Gasteiger partial charge on any atom is -0.465 e. The van der Waals surface area contributed by atoms with Gasteiger partial charge >= 0.3 is 5.97 Å². The lowest BCUT2D eigenvalue weighted by Gasteiger charge is -2.06. The molecule has 5 heterocycles. The fourth-order valence-electron chi connectivity index (χ4n) is 4.07. The summed E-state index contributed by atoms with van der Waals surface area (Å²) in [6, 6.07) is 1.54. The Bertz CT molecular complexity index is 1820. The van der Waals surface area contributed by atoms with Gasteiger partial charge in [0.1, 0.15) is 18.5 Å². The Hall–Kier alpha value is -6.18. The Balaban J connectivity index is 1.46. The van der Waals surface area contributed by atoms with Gasteiger partial charge in [-0.2, -0.15) is 29.8 Å². The maximum absolute atomic E-state index is 12.0. The molecule has 20 heteroatoms. The number of aliphatic hydroxyl groups is 1. The van der Waals surface area contributed by atoms with Crippen LogP contribution in [0.4, 0.5) is 34.6 Å². The molecule has 0 aliphatic carbocycles. The number of Topliss-reactive ketones (excluding diaryl/α,β-unsaturated/α-hetero) is 1. The van der Waals surface area contributed by atoms with E-state index in [1.807, 2.05) is 0 Å². The highest BCUT2D eigenvalue weighted by molar-refractivity contribution is 6.00. The van der Waals surface area contributed by atoms with Crippen LogP contribution in [0.2, 0.25) is 0 Å². The predicted octanol–water partition coefficient (Wildman–Crippen LogP) is 1.89. The highest BCUT2D eigenvalue weighted by atomic mass is 16.5. The average Bonchev–Trinajstić information content (AvgIpc) is 3.73. The van der Waals surface area contributed by atoms with Gasteiger partial charge in [0.2, 0.25) is 11.6 Å². The molecule has 5 rings (SSSR count). The third-order valence-electron chi connectivity index (χ3n) is 6.16. The van der Waals surface area contributed by atoms with Gasteiger partial charge in [0.15, 0.2) is 40.4 Å². The molecule has 0 saturated carbocycles. The zero-order valence-electron chi connectivity index (χ0n) is 24.1. The number of nitrogens with two attached hydrogens (primary N) is 2. The van der Waals surface area contributed by atoms with Crippen molar-refractivity contribution in [3.8, 4) is 11.6 Å². The number of esters is 1. The number of carbonyl (C=O) groups excluding carboxylic acids is 2. The second kappa shape index (κ2) is 11.6. The number of aliphatic hydroxyl groups excluding tert-OH is 1. The third kappa shape index (κ3) is 5.38. The van der Waals surface area contributed by atoms with Crippen LogP contribution in [-0.4, -0.2) is 79.7 Å². The first-order valence-corrected chi connectivity index (χ1v) is 12.7. The molecule has 0 aromatic carbocycles. The molecular weight excluding hydrogens is 576 g/mol. The topological polar surface area (TPSA) is 262 Å². The molecule has 226 valence electrons. The van der Waals surface area contributed by atoms with Crippen molar-refractivity contribution in [1.82, 2.24) is 49.1 Å². The van der Waals surface area contributed by atoms with Crippen LogP contribution in [0.1, 0.15) is 32.1 Å². The number of ketones is 1. The largest absolute Gasteiger partial charge is 0.465 e. The van der Waals surface area contributed by atoms with Gasteiger partial charge in [0.25, 0.3) is 0 Å². The van der Waals surface area contributed by atoms with Gasteiger partial charge in [0.05, 0.1) is 24.1 Å². The van der Waals surface area contributed by atoms with E-state index in [0.717, 1.165) is 0 Å². The van der Waals surface area contributed by atoms with Crippen LogP contribution >= 0.6 is 0 Å². The van der Waals surface area contributed by atoms with Crippen molar-refractivity contribution < 1.29 is 19.4 Å². The number of methoxy groups -OCH3 is 1. The number of hydrogen-bond acceptors (Lipinski definition) is 16. The van der Waals surface area contributed by atoms with Crippen molar-refractivity contribution in [3.63, 3.8) is 0 Å². The van der Waals surface area contributed by atoms with E-state index in [9.17, 15) is 14.7 Å². The van der Waals surface area contributed by atoms with E-state index in [2.05, 4.69) is 50.8 Å². The average molecular weight is 603 g/mol. The highest BCUT2D eigenvalue weighted by Crippen LogP contribution is 2.33. The van der Waals surface area contributed by atoms with E-state index < -0.39 is 18.4 Å². The van der Waals surface area contributed by atoms with Gasteiger partial charge in [-0.15, -0.1) is 20.5 Å². The van der Waals surface area contributed by atoms with Crippen molar-refractivity contribution >= 4 is 46.4 Å². The standard InChI is InChI=1S/C24H26N16O4/c1-11-18(29-31-22-13(15(42)9-41)7-37(3)35-22)20(25)39(33-11)16-6-17(28-10-27-16)40-21(26)19(12(2)34-40)30-32-23-14(24(43)44-5)8-38(4)36-23/h6-8,10,41H,9,25-26H2,1-5H3/b31-29+,32-30+. The predicted molar refractivity (Wildman–Crippen MR) is 152 cm³/mol. The molecule has 0 unspecified atom stereocenters. The summed E-state index contributed by atoms with van der Waals surface area (Å²) in [4.78, 5) is 32.6. The second-order valence-corrected chi connectivity index (χ2v) is 9.25. The summed E-state index contributed by atoms with van der Waals surface area (Å²) < 4.78 is 10.2. The monoisotopic (exact) mass is 602 g/mol. The minimum atomic E-state index is -0.700. The molecule has 0 radical (unpaired) electrons. The van der Waals surface area contributed by atoms with E-state index in [1.54, 1.807) is 34.0 Å². The zero-order valence-corrected chi connectivity index (χ0v) is 24.1. The van der Waals surface area contributed by atoms with Crippen LogP contribution in [0.25, 0.3) is 11.6 Å². The molecule has 5 aromatic heterocycles. The Morgan fingerprint density at radius 3 is 1.77 bits per heavy atom. The molecule has 0 saturated heterocycles. The SMILES string of the molecule is COC(=O)c1cn(C)nc1/N=N/c1c(C)nn(-c2cc(-n3nc(C)c(/N=N/c4nn(C)cc4C(=O)CO)c3N)ncn2)c1N. The number of carbonyl (C=O) groups is 2. The van der Waals surface area contributed by atoms with Crippen LogP contribution in [0.15, 0.2) is 45.2 Å². The Kier molecular flexibility index (Phi) is 7.73. The first kappa shape index (κ1) is 29.3.